The molecule has 2 heterocycles. The van der Waals surface area contributed by atoms with E-state index in [1.54, 1.807) is 0 Å². The van der Waals surface area contributed by atoms with Crippen LogP contribution in [0.5, 0.6) is 0 Å². The van der Waals surface area contributed by atoms with Gasteiger partial charge in [0, 0.05) is 45.3 Å². The number of likely N-dealkylation sites (tertiary alicyclic amines) is 1. The van der Waals surface area contributed by atoms with Crippen molar-refractivity contribution in [2.24, 2.45) is 10.9 Å². The van der Waals surface area contributed by atoms with E-state index in [9.17, 15) is 0 Å². The lowest BCUT2D eigenvalue weighted by molar-refractivity contribution is 0.0211. The van der Waals surface area contributed by atoms with E-state index >= 15 is 0 Å². The zero-order valence-electron chi connectivity index (χ0n) is 17.0. The Morgan fingerprint density at radius 2 is 1.73 bits per heavy atom. The molecule has 0 bridgehead atoms. The van der Waals surface area contributed by atoms with Crippen molar-refractivity contribution in [2.45, 2.75) is 46.1 Å². The second-order valence-electron chi connectivity index (χ2n) is 7.56. The minimum absolute atomic E-state index is 0. The van der Waals surface area contributed by atoms with Crippen LogP contribution in [0.1, 0.15) is 40.0 Å². The third-order valence-electron chi connectivity index (χ3n) is 5.16. The van der Waals surface area contributed by atoms with Crippen molar-refractivity contribution >= 4 is 29.9 Å². The standard InChI is InChI=1S/C19H39N5O.HI/c1-4-20-19(22-15-18(3)24-10-12-25-13-11-24)21-14-17(2)16-23-8-6-5-7-9-23;/h17-18H,4-16H2,1-3H3,(H2,20,21,22);1H. The maximum atomic E-state index is 5.44. The van der Waals surface area contributed by atoms with Crippen molar-refractivity contribution in [1.82, 2.24) is 20.4 Å². The van der Waals surface area contributed by atoms with Crippen LogP contribution in [0.4, 0.5) is 0 Å². The number of aliphatic imine (C=N–C) groups is 1. The highest BCUT2D eigenvalue weighted by Gasteiger charge is 2.17. The van der Waals surface area contributed by atoms with Crippen molar-refractivity contribution in [3.05, 3.63) is 0 Å². The first-order valence-electron chi connectivity index (χ1n) is 10.3. The molecule has 2 atom stereocenters. The Hall–Kier alpha value is -0.120. The van der Waals surface area contributed by atoms with Crippen molar-refractivity contribution in [3.63, 3.8) is 0 Å². The molecular weight excluding hydrogens is 441 g/mol. The molecule has 0 aromatic carbocycles. The molecule has 2 aliphatic rings. The molecule has 0 aromatic heterocycles. The molecule has 0 radical (unpaired) electrons. The lowest BCUT2D eigenvalue weighted by Crippen LogP contribution is -2.49. The molecule has 2 saturated heterocycles. The molecule has 154 valence electrons. The topological polar surface area (TPSA) is 52.1 Å². The number of ether oxygens (including phenoxy) is 1. The predicted octanol–water partition coefficient (Wildman–Crippen LogP) is 2.00. The van der Waals surface area contributed by atoms with E-state index in [1.165, 1.54) is 38.9 Å². The van der Waals surface area contributed by atoms with Gasteiger partial charge in [0.25, 0.3) is 0 Å². The van der Waals surface area contributed by atoms with Gasteiger partial charge in [0.2, 0.25) is 0 Å². The quantitative estimate of drug-likeness (QED) is 0.316. The van der Waals surface area contributed by atoms with Crippen LogP contribution in [0.2, 0.25) is 0 Å². The highest BCUT2D eigenvalue weighted by Crippen LogP contribution is 2.11. The highest BCUT2D eigenvalue weighted by atomic mass is 127. The second kappa shape index (κ2) is 14.0. The van der Waals surface area contributed by atoms with Gasteiger partial charge in [-0.05, 0) is 45.7 Å². The number of rotatable bonds is 8. The number of halogens is 1. The third kappa shape index (κ3) is 9.19. The summed E-state index contributed by atoms with van der Waals surface area (Å²) in [4.78, 5) is 9.91. The Balaban J connectivity index is 0.00000338. The summed E-state index contributed by atoms with van der Waals surface area (Å²) in [5, 5.41) is 6.90. The summed E-state index contributed by atoms with van der Waals surface area (Å²) in [6.45, 7) is 16.9. The predicted molar refractivity (Wildman–Crippen MR) is 121 cm³/mol. The summed E-state index contributed by atoms with van der Waals surface area (Å²) in [6, 6.07) is 0.499. The minimum atomic E-state index is 0. The maximum absolute atomic E-state index is 5.44. The van der Waals surface area contributed by atoms with E-state index < -0.39 is 0 Å². The monoisotopic (exact) mass is 481 g/mol. The van der Waals surface area contributed by atoms with Crippen LogP contribution in [-0.2, 0) is 4.74 Å². The average molecular weight is 481 g/mol. The molecule has 0 amide bonds. The van der Waals surface area contributed by atoms with Gasteiger partial charge in [0.05, 0.1) is 13.2 Å². The van der Waals surface area contributed by atoms with Gasteiger partial charge in [-0.1, -0.05) is 13.3 Å². The summed E-state index contributed by atoms with van der Waals surface area (Å²) in [5.74, 6) is 1.55. The van der Waals surface area contributed by atoms with E-state index in [0.717, 1.165) is 51.9 Å². The number of hydrogen-bond acceptors (Lipinski definition) is 4. The van der Waals surface area contributed by atoms with Gasteiger partial charge >= 0.3 is 0 Å². The molecule has 2 aliphatic heterocycles. The van der Waals surface area contributed by atoms with E-state index in [-0.39, 0.29) is 24.0 Å². The number of nitrogens with zero attached hydrogens (tertiary/aromatic N) is 3. The smallest absolute Gasteiger partial charge is 0.191 e. The third-order valence-corrected chi connectivity index (χ3v) is 5.16. The Bertz CT molecular complexity index is 384. The van der Waals surface area contributed by atoms with Crippen molar-refractivity contribution < 1.29 is 4.74 Å². The fourth-order valence-corrected chi connectivity index (χ4v) is 3.62. The first kappa shape index (κ1) is 23.9. The number of morpholine rings is 1. The summed E-state index contributed by atoms with van der Waals surface area (Å²) < 4.78 is 5.44. The second-order valence-corrected chi connectivity index (χ2v) is 7.56. The molecule has 0 saturated carbocycles. The Morgan fingerprint density at radius 1 is 1.04 bits per heavy atom. The zero-order chi connectivity index (χ0) is 17.9. The number of nitrogens with one attached hydrogen (secondary N) is 2. The summed E-state index contributed by atoms with van der Waals surface area (Å²) in [6.07, 6.45) is 4.12. The van der Waals surface area contributed by atoms with Gasteiger partial charge in [-0.3, -0.25) is 9.89 Å². The minimum Gasteiger partial charge on any atom is -0.379 e. The first-order valence-corrected chi connectivity index (χ1v) is 10.3. The summed E-state index contributed by atoms with van der Waals surface area (Å²) in [7, 11) is 0. The first-order chi connectivity index (χ1) is 12.2. The maximum Gasteiger partial charge on any atom is 0.191 e. The van der Waals surface area contributed by atoms with E-state index in [4.69, 9.17) is 9.73 Å². The molecule has 7 heteroatoms. The molecule has 6 nitrogen and oxygen atoms in total. The zero-order valence-corrected chi connectivity index (χ0v) is 19.3. The molecule has 0 aromatic rings. The van der Waals surface area contributed by atoms with Crippen LogP contribution in [0.15, 0.2) is 4.99 Å². The Kier molecular flexibility index (Phi) is 12.8. The number of guanidine groups is 1. The van der Waals surface area contributed by atoms with Crippen LogP contribution in [0.25, 0.3) is 0 Å². The van der Waals surface area contributed by atoms with Gasteiger partial charge < -0.3 is 20.3 Å². The van der Waals surface area contributed by atoms with Gasteiger partial charge in [0.15, 0.2) is 5.96 Å². The van der Waals surface area contributed by atoms with Gasteiger partial charge in [-0.15, -0.1) is 24.0 Å². The van der Waals surface area contributed by atoms with Gasteiger partial charge in [-0.25, -0.2) is 0 Å². The molecule has 2 unspecified atom stereocenters. The summed E-state index contributed by atoms with van der Waals surface area (Å²) >= 11 is 0. The molecular formula is C19H40IN5O. The highest BCUT2D eigenvalue weighted by molar-refractivity contribution is 14.0. The van der Waals surface area contributed by atoms with Crippen LogP contribution < -0.4 is 10.6 Å². The normalized spacial score (nSPS) is 22.3. The Morgan fingerprint density at radius 3 is 2.38 bits per heavy atom. The molecule has 2 rings (SSSR count). The van der Waals surface area contributed by atoms with E-state index in [0.29, 0.717) is 12.0 Å². The van der Waals surface area contributed by atoms with Crippen molar-refractivity contribution in [1.29, 1.82) is 0 Å². The SMILES string of the molecule is CCNC(=NCC(C)CN1CCCCC1)NCC(C)N1CCOCC1.I. The summed E-state index contributed by atoms with van der Waals surface area (Å²) in [5.41, 5.74) is 0. The number of hydrogen-bond donors (Lipinski definition) is 2. The molecule has 2 N–H and O–H groups in total. The molecule has 0 spiro atoms. The average Bonchev–Trinajstić information content (AvgIpc) is 2.65. The largest absolute Gasteiger partial charge is 0.379 e. The fourth-order valence-electron chi connectivity index (χ4n) is 3.62. The number of piperidine rings is 1. The van der Waals surface area contributed by atoms with Crippen LogP contribution in [-0.4, -0.2) is 87.4 Å². The van der Waals surface area contributed by atoms with Crippen LogP contribution >= 0.6 is 24.0 Å². The van der Waals surface area contributed by atoms with E-state index in [1.807, 2.05) is 0 Å². The molecule has 26 heavy (non-hydrogen) atoms. The van der Waals surface area contributed by atoms with Crippen molar-refractivity contribution in [2.75, 3.05) is 65.6 Å². The molecule has 0 aliphatic carbocycles. The molecule has 2 fully saturated rings. The van der Waals surface area contributed by atoms with Crippen LogP contribution in [0.3, 0.4) is 0 Å². The lowest BCUT2D eigenvalue weighted by atomic mass is 10.1. The van der Waals surface area contributed by atoms with E-state index in [2.05, 4.69) is 41.2 Å². The van der Waals surface area contributed by atoms with Gasteiger partial charge in [-0.2, -0.15) is 0 Å². The van der Waals surface area contributed by atoms with Crippen molar-refractivity contribution in [3.8, 4) is 0 Å². The fraction of sp³-hybridized carbons (Fsp3) is 0.947. The van der Waals surface area contributed by atoms with Crippen LogP contribution in [0, 0.1) is 5.92 Å². The van der Waals surface area contributed by atoms with Gasteiger partial charge in [0.1, 0.15) is 0 Å². The Labute approximate surface area is 177 Å². The lowest BCUT2D eigenvalue weighted by Gasteiger charge is -2.32.